The Labute approximate surface area is 117 Å². The summed E-state index contributed by atoms with van der Waals surface area (Å²) in [5.74, 6) is 0.922. The first-order valence-electron chi connectivity index (χ1n) is 7.09. The van der Waals surface area contributed by atoms with Crippen molar-refractivity contribution in [3.05, 3.63) is 0 Å². The zero-order valence-corrected chi connectivity index (χ0v) is 13.3. The fraction of sp³-hybridized carbons (Fsp3) is 1.00. The summed E-state index contributed by atoms with van der Waals surface area (Å²) < 4.78 is 28.3. The first kappa shape index (κ1) is 16.9. The first-order valence-corrected chi connectivity index (χ1v) is 8.53. The summed E-state index contributed by atoms with van der Waals surface area (Å²) in [5.41, 5.74) is -0.996. The van der Waals surface area contributed by atoms with Gasteiger partial charge in [-0.25, -0.2) is 0 Å². The van der Waals surface area contributed by atoms with E-state index < -0.39 is 15.8 Å². The highest BCUT2D eigenvalue weighted by Crippen LogP contribution is 2.19. The summed E-state index contributed by atoms with van der Waals surface area (Å²) in [7, 11) is -3.45. The molecule has 1 rings (SSSR count). The summed E-state index contributed by atoms with van der Waals surface area (Å²) in [4.78, 5) is 0. The van der Waals surface area contributed by atoms with Crippen LogP contribution in [-0.2, 0) is 10.2 Å². The van der Waals surface area contributed by atoms with Gasteiger partial charge in [-0.2, -0.15) is 17.4 Å². The number of hydrogen-bond donors (Lipinski definition) is 2. The van der Waals surface area contributed by atoms with Crippen molar-refractivity contribution in [3.63, 3.8) is 0 Å². The molecule has 0 bridgehead atoms. The topological polar surface area (TPSA) is 69.6 Å². The van der Waals surface area contributed by atoms with Crippen LogP contribution in [0.1, 0.15) is 47.0 Å². The number of aliphatic hydroxyl groups is 1. The van der Waals surface area contributed by atoms with Crippen LogP contribution in [0.15, 0.2) is 0 Å². The third-order valence-corrected chi connectivity index (χ3v) is 5.12. The Morgan fingerprint density at radius 3 is 2.37 bits per heavy atom. The SMILES string of the molecule is CC(C)CC(C)(O)CNS(=O)(=O)N1CCC(C)CC1. The van der Waals surface area contributed by atoms with Gasteiger partial charge in [0.25, 0.3) is 10.2 Å². The van der Waals surface area contributed by atoms with Gasteiger partial charge in [0.2, 0.25) is 0 Å². The molecule has 1 unspecified atom stereocenters. The fourth-order valence-corrected chi connectivity index (χ4v) is 3.88. The molecule has 1 saturated heterocycles. The second kappa shape index (κ2) is 6.52. The van der Waals surface area contributed by atoms with Gasteiger partial charge < -0.3 is 5.11 Å². The van der Waals surface area contributed by atoms with Crippen molar-refractivity contribution in [2.75, 3.05) is 19.6 Å². The maximum absolute atomic E-state index is 12.1. The Balaban J connectivity index is 2.51. The minimum absolute atomic E-state index is 0.0690. The molecule has 0 aromatic rings. The third kappa shape index (κ3) is 5.77. The molecule has 0 aromatic carbocycles. The Kier molecular flexibility index (Phi) is 5.79. The van der Waals surface area contributed by atoms with Crippen molar-refractivity contribution in [1.29, 1.82) is 0 Å². The Bertz CT molecular complexity index is 371. The molecule has 1 aliphatic heterocycles. The van der Waals surface area contributed by atoms with E-state index in [4.69, 9.17) is 0 Å². The smallest absolute Gasteiger partial charge is 0.279 e. The molecule has 19 heavy (non-hydrogen) atoms. The quantitative estimate of drug-likeness (QED) is 0.776. The van der Waals surface area contributed by atoms with Crippen LogP contribution < -0.4 is 4.72 Å². The molecule has 0 aliphatic carbocycles. The lowest BCUT2D eigenvalue weighted by molar-refractivity contribution is 0.0432. The van der Waals surface area contributed by atoms with E-state index in [-0.39, 0.29) is 6.54 Å². The monoisotopic (exact) mass is 292 g/mol. The highest BCUT2D eigenvalue weighted by Gasteiger charge is 2.29. The third-order valence-electron chi connectivity index (χ3n) is 3.57. The summed E-state index contributed by atoms with van der Waals surface area (Å²) in [6.07, 6.45) is 2.39. The van der Waals surface area contributed by atoms with Gasteiger partial charge in [0.15, 0.2) is 0 Å². The second-order valence-electron chi connectivity index (χ2n) is 6.50. The van der Waals surface area contributed by atoms with Crippen molar-refractivity contribution in [3.8, 4) is 0 Å². The van der Waals surface area contributed by atoms with Gasteiger partial charge in [-0.1, -0.05) is 20.8 Å². The van der Waals surface area contributed by atoms with Crippen LogP contribution in [0, 0.1) is 11.8 Å². The predicted octanol–water partition coefficient (Wildman–Crippen LogP) is 1.35. The molecular formula is C13H28N2O3S. The second-order valence-corrected chi connectivity index (χ2v) is 8.26. The largest absolute Gasteiger partial charge is 0.389 e. The van der Waals surface area contributed by atoms with Crippen molar-refractivity contribution < 1.29 is 13.5 Å². The normalized spacial score (nSPS) is 22.6. The Hall–Kier alpha value is -0.170. The highest BCUT2D eigenvalue weighted by atomic mass is 32.2. The Morgan fingerprint density at radius 1 is 1.37 bits per heavy atom. The maximum Gasteiger partial charge on any atom is 0.279 e. The molecule has 114 valence electrons. The summed E-state index contributed by atoms with van der Waals surface area (Å²) in [5, 5.41) is 10.1. The predicted molar refractivity (Wildman–Crippen MR) is 77.0 cm³/mol. The average molecular weight is 292 g/mol. The molecule has 0 radical (unpaired) electrons. The molecule has 1 heterocycles. The van der Waals surface area contributed by atoms with E-state index in [1.807, 2.05) is 13.8 Å². The molecule has 0 spiro atoms. The van der Waals surface area contributed by atoms with E-state index in [0.29, 0.717) is 31.3 Å². The number of nitrogens with one attached hydrogen (secondary N) is 1. The molecular weight excluding hydrogens is 264 g/mol. The summed E-state index contributed by atoms with van der Waals surface area (Å²) in [6.45, 7) is 9.05. The van der Waals surface area contributed by atoms with Crippen molar-refractivity contribution in [2.24, 2.45) is 11.8 Å². The van der Waals surface area contributed by atoms with Crippen LogP contribution in [0.25, 0.3) is 0 Å². The van der Waals surface area contributed by atoms with E-state index in [2.05, 4.69) is 11.6 Å². The van der Waals surface area contributed by atoms with Crippen molar-refractivity contribution in [2.45, 2.75) is 52.6 Å². The molecule has 6 heteroatoms. The summed E-state index contributed by atoms with van der Waals surface area (Å²) >= 11 is 0. The summed E-state index contributed by atoms with van der Waals surface area (Å²) in [6, 6.07) is 0. The van der Waals surface area contributed by atoms with Crippen LogP contribution in [0.2, 0.25) is 0 Å². The minimum atomic E-state index is -3.45. The standard InChI is InChI=1S/C13H28N2O3S/c1-11(2)9-13(4,16)10-14-19(17,18)15-7-5-12(3)6-8-15/h11-12,14,16H,5-10H2,1-4H3. The van der Waals surface area contributed by atoms with Gasteiger partial charge in [0.1, 0.15) is 0 Å². The lowest BCUT2D eigenvalue weighted by Crippen LogP contribution is -2.49. The molecule has 1 fully saturated rings. The van der Waals surface area contributed by atoms with Gasteiger partial charge in [0.05, 0.1) is 5.60 Å². The van der Waals surface area contributed by atoms with E-state index in [1.54, 1.807) is 6.92 Å². The van der Waals surface area contributed by atoms with E-state index in [0.717, 1.165) is 12.8 Å². The van der Waals surface area contributed by atoms with Crippen LogP contribution in [0.3, 0.4) is 0 Å². The zero-order chi connectivity index (χ0) is 14.7. The van der Waals surface area contributed by atoms with E-state index >= 15 is 0 Å². The van der Waals surface area contributed by atoms with Gasteiger partial charge >= 0.3 is 0 Å². The highest BCUT2D eigenvalue weighted by molar-refractivity contribution is 7.87. The number of nitrogens with zero attached hydrogens (tertiary/aromatic N) is 1. The number of piperidine rings is 1. The minimum Gasteiger partial charge on any atom is -0.389 e. The molecule has 1 atom stereocenters. The molecule has 0 saturated carbocycles. The number of rotatable bonds is 6. The number of hydrogen-bond acceptors (Lipinski definition) is 3. The average Bonchev–Trinajstić information content (AvgIpc) is 2.26. The van der Waals surface area contributed by atoms with Gasteiger partial charge in [-0.15, -0.1) is 0 Å². The Morgan fingerprint density at radius 2 is 1.89 bits per heavy atom. The van der Waals surface area contributed by atoms with Crippen LogP contribution in [0.5, 0.6) is 0 Å². The van der Waals surface area contributed by atoms with E-state index in [1.165, 1.54) is 4.31 Å². The molecule has 5 nitrogen and oxygen atoms in total. The first-order chi connectivity index (χ1) is 8.62. The zero-order valence-electron chi connectivity index (χ0n) is 12.5. The lowest BCUT2D eigenvalue weighted by Gasteiger charge is -2.31. The maximum atomic E-state index is 12.1. The van der Waals surface area contributed by atoms with Gasteiger partial charge in [0, 0.05) is 19.6 Å². The van der Waals surface area contributed by atoms with Crippen molar-refractivity contribution >= 4 is 10.2 Å². The van der Waals surface area contributed by atoms with Crippen molar-refractivity contribution in [1.82, 2.24) is 9.03 Å². The molecule has 0 aromatic heterocycles. The van der Waals surface area contributed by atoms with Gasteiger partial charge in [-0.3, -0.25) is 0 Å². The van der Waals surface area contributed by atoms with Crippen LogP contribution >= 0.6 is 0 Å². The van der Waals surface area contributed by atoms with E-state index in [9.17, 15) is 13.5 Å². The van der Waals surface area contributed by atoms with Crippen LogP contribution in [-0.4, -0.2) is 43.1 Å². The van der Waals surface area contributed by atoms with Gasteiger partial charge in [-0.05, 0) is 38.0 Å². The molecule has 1 aliphatic rings. The fourth-order valence-electron chi connectivity index (χ4n) is 2.51. The van der Waals surface area contributed by atoms with Crippen LogP contribution in [0.4, 0.5) is 0 Å². The molecule has 0 amide bonds. The molecule has 2 N–H and O–H groups in total. The lowest BCUT2D eigenvalue weighted by atomic mass is 9.95.